The maximum atomic E-state index is 6.23. The third kappa shape index (κ3) is 4.64. The summed E-state index contributed by atoms with van der Waals surface area (Å²) in [6.07, 6.45) is 0. The van der Waals surface area contributed by atoms with Gasteiger partial charge in [0.1, 0.15) is 17.3 Å². The number of hydrogen-bond acceptors (Lipinski definition) is 3. The van der Waals surface area contributed by atoms with E-state index in [4.69, 9.17) is 40.2 Å². The molecule has 0 aromatic heterocycles. The van der Waals surface area contributed by atoms with Crippen LogP contribution < -0.4 is 4.74 Å². The molecule has 0 N–H and O–H groups in total. The van der Waals surface area contributed by atoms with E-state index >= 15 is 0 Å². The standard InChI is InChI=1S/C19H20Cl2N2OS/c1-22-8-10-23(11-9-22)19(25)16-4-2-3-5-18(16)24-13-14-6-7-15(20)12-17(14)21/h2-7,12H,8-11,13H2,1H3. The van der Waals surface area contributed by atoms with Crippen molar-refractivity contribution in [3.8, 4) is 5.75 Å². The van der Waals surface area contributed by atoms with Gasteiger partial charge in [0.25, 0.3) is 0 Å². The Morgan fingerprint density at radius 1 is 1.08 bits per heavy atom. The maximum Gasteiger partial charge on any atom is 0.130 e. The smallest absolute Gasteiger partial charge is 0.130 e. The molecular formula is C19H20Cl2N2OS. The van der Waals surface area contributed by atoms with Gasteiger partial charge in [-0.15, -0.1) is 0 Å². The molecule has 0 aliphatic carbocycles. The molecule has 1 heterocycles. The Balaban J connectivity index is 1.73. The van der Waals surface area contributed by atoms with Gasteiger partial charge in [-0.3, -0.25) is 0 Å². The first-order chi connectivity index (χ1) is 12.0. The molecule has 25 heavy (non-hydrogen) atoms. The molecule has 0 atom stereocenters. The molecule has 0 spiro atoms. The van der Waals surface area contributed by atoms with Gasteiger partial charge in [-0.1, -0.05) is 53.6 Å². The molecular weight excluding hydrogens is 375 g/mol. The average Bonchev–Trinajstić information content (AvgIpc) is 2.61. The Morgan fingerprint density at radius 2 is 1.80 bits per heavy atom. The summed E-state index contributed by atoms with van der Waals surface area (Å²) >= 11 is 17.9. The Labute approximate surface area is 164 Å². The van der Waals surface area contributed by atoms with Gasteiger partial charge in [-0.2, -0.15) is 0 Å². The molecule has 0 unspecified atom stereocenters. The summed E-state index contributed by atoms with van der Waals surface area (Å²) in [5.74, 6) is 0.775. The Morgan fingerprint density at radius 3 is 2.52 bits per heavy atom. The van der Waals surface area contributed by atoms with Gasteiger partial charge >= 0.3 is 0 Å². The van der Waals surface area contributed by atoms with E-state index in [-0.39, 0.29) is 0 Å². The van der Waals surface area contributed by atoms with Crippen LogP contribution in [-0.4, -0.2) is 48.0 Å². The molecule has 0 saturated carbocycles. The van der Waals surface area contributed by atoms with E-state index in [0.29, 0.717) is 16.7 Å². The zero-order valence-corrected chi connectivity index (χ0v) is 16.4. The van der Waals surface area contributed by atoms with Gasteiger partial charge in [0.15, 0.2) is 0 Å². The average molecular weight is 395 g/mol. The normalized spacial score (nSPS) is 15.2. The van der Waals surface area contributed by atoms with Crippen molar-refractivity contribution < 1.29 is 4.74 Å². The minimum absolute atomic E-state index is 0.373. The van der Waals surface area contributed by atoms with Crippen LogP contribution in [0.3, 0.4) is 0 Å². The number of piperazine rings is 1. The van der Waals surface area contributed by atoms with Crippen LogP contribution >= 0.6 is 35.4 Å². The quantitative estimate of drug-likeness (QED) is 0.709. The fourth-order valence-corrected chi connectivity index (χ4v) is 3.56. The second-order valence-electron chi connectivity index (χ2n) is 6.12. The van der Waals surface area contributed by atoms with Gasteiger partial charge in [0.05, 0.1) is 5.56 Å². The number of ether oxygens (including phenoxy) is 1. The van der Waals surface area contributed by atoms with Gasteiger partial charge in [0.2, 0.25) is 0 Å². The largest absolute Gasteiger partial charge is 0.488 e. The van der Waals surface area contributed by atoms with E-state index in [1.54, 1.807) is 6.07 Å². The number of rotatable bonds is 4. The lowest BCUT2D eigenvalue weighted by atomic mass is 10.1. The number of para-hydroxylation sites is 1. The van der Waals surface area contributed by atoms with Gasteiger partial charge in [-0.05, 0) is 31.3 Å². The number of nitrogens with zero attached hydrogens (tertiary/aromatic N) is 2. The first-order valence-electron chi connectivity index (χ1n) is 8.18. The third-order valence-corrected chi connectivity index (χ3v) is 5.37. The van der Waals surface area contributed by atoms with Crippen molar-refractivity contribution in [3.63, 3.8) is 0 Å². The molecule has 0 radical (unpaired) electrons. The summed E-state index contributed by atoms with van der Waals surface area (Å²) < 4.78 is 6.02. The Bertz CT molecular complexity index is 761. The second-order valence-corrected chi connectivity index (χ2v) is 7.35. The fourth-order valence-electron chi connectivity index (χ4n) is 2.74. The third-order valence-electron chi connectivity index (χ3n) is 4.31. The van der Waals surface area contributed by atoms with E-state index in [1.165, 1.54) is 0 Å². The molecule has 1 fully saturated rings. The Kier molecular flexibility index (Phi) is 6.18. The summed E-state index contributed by atoms with van der Waals surface area (Å²) in [5, 5.41) is 1.22. The number of thiocarbonyl (C=S) groups is 1. The fraction of sp³-hybridized carbons (Fsp3) is 0.316. The highest BCUT2D eigenvalue weighted by Gasteiger charge is 2.20. The summed E-state index contributed by atoms with van der Waals surface area (Å²) in [6, 6.07) is 13.3. The van der Waals surface area contributed by atoms with Crippen molar-refractivity contribution in [1.29, 1.82) is 0 Å². The lowest BCUT2D eigenvalue weighted by Gasteiger charge is -2.34. The summed E-state index contributed by atoms with van der Waals surface area (Å²) in [4.78, 5) is 5.39. The second kappa shape index (κ2) is 8.37. The van der Waals surface area contributed by atoms with E-state index in [0.717, 1.165) is 48.0 Å². The number of likely N-dealkylation sites (N-methyl/N-ethyl adjacent to an activating group) is 1. The summed E-state index contributed by atoms with van der Waals surface area (Å²) in [6.45, 7) is 4.28. The maximum absolute atomic E-state index is 6.23. The van der Waals surface area contributed by atoms with Crippen molar-refractivity contribution in [2.24, 2.45) is 0 Å². The van der Waals surface area contributed by atoms with Crippen molar-refractivity contribution in [1.82, 2.24) is 9.80 Å². The van der Waals surface area contributed by atoms with Crippen LogP contribution in [0.25, 0.3) is 0 Å². The number of halogens is 2. The van der Waals surface area contributed by atoms with E-state index in [9.17, 15) is 0 Å². The van der Waals surface area contributed by atoms with Crippen LogP contribution in [0, 0.1) is 0 Å². The molecule has 1 aliphatic rings. The molecule has 2 aromatic carbocycles. The van der Waals surface area contributed by atoms with Crippen molar-refractivity contribution in [2.45, 2.75) is 6.61 Å². The summed E-state index contributed by atoms with van der Waals surface area (Å²) in [5.41, 5.74) is 1.85. The zero-order valence-electron chi connectivity index (χ0n) is 14.0. The van der Waals surface area contributed by atoms with E-state index < -0.39 is 0 Å². The van der Waals surface area contributed by atoms with Crippen LogP contribution in [0.1, 0.15) is 11.1 Å². The van der Waals surface area contributed by atoms with Crippen molar-refractivity contribution in [3.05, 3.63) is 63.6 Å². The predicted molar refractivity (Wildman–Crippen MR) is 108 cm³/mol. The zero-order chi connectivity index (χ0) is 17.8. The molecule has 3 rings (SSSR count). The van der Waals surface area contributed by atoms with Crippen LogP contribution in [0.2, 0.25) is 10.0 Å². The number of hydrogen-bond donors (Lipinski definition) is 0. The molecule has 1 aliphatic heterocycles. The van der Waals surface area contributed by atoms with Crippen LogP contribution in [-0.2, 0) is 6.61 Å². The lowest BCUT2D eigenvalue weighted by Crippen LogP contribution is -2.46. The highest BCUT2D eigenvalue weighted by molar-refractivity contribution is 7.80. The van der Waals surface area contributed by atoms with Gasteiger partial charge in [-0.25, -0.2) is 0 Å². The monoisotopic (exact) mass is 394 g/mol. The molecule has 0 amide bonds. The SMILES string of the molecule is CN1CCN(C(=S)c2ccccc2OCc2ccc(Cl)cc2Cl)CC1. The number of benzene rings is 2. The van der Waals surface area contributed by atoms with Crippen LogP contribution in [0.5, 0.6) is 5.75 Å². The van der Waals surface area contributed by atoms with Gasteiger partial charge in [0, 0.05) is 41.8 Å². The molecule has 132 valence electrons. The topological polar surface area (TPSA) is 15.7 Å². The molecule has 0 bridgehead atoms. The molecule has 2 aromatic rings. The first kappa shape index (κ1) is 18.5. The summed E-state index contributed by atoms with van der Waals surface area (Å²) in [7, 11) is 2.13. The molecule has 1 saturated heterocycles. The minimum Gasteiger partial charge on any atom is -0.488 e. The first-order valence-corrected chi connectivity index (χ1v) is 9.34. The van der Waals surface area contributed by atoms with Gasteiger partial charge < -0.3 is 14.5 Å². The van der Waals surface area contributed by atoms with Crippen molar-refractivity contribution in [2.75, 3.05) is 33.2 Å². The predicted octanol–water partition coefficient (Wildman–Crippen LogP) is 4.50. The van der Waals surface area contributed by atoms with Crippen molar-refractivity contribution >= 4 is 40.4 Å². The van der Waals surface area contributed by atoms with E-state index in [1.807, 2.05) is 36.4 Å². The van der Waals surface area contributed by atoms with Crippen LogP contribution in [0.4, 0.5) is 0 Å². The minimum atomic E-state index is 0.373. The Hall–Kier alpha value is -1.33. The highest BCUT2D eigenvalue weighted by atomic mass is 35.5. The molecule has 6 heteroatoms. The highest BCUT2D eigenvalue weighted by Crippen LogP contribution is 2.25. The molecule has 3 nitrogen and oxygen atoms in total. The van der Waals surface area contributed by atoms with E-state index in [2.05, 4.69) is 16.8 Å². The lowest BCUT2D eigenvalue weighted by molar-refractivity contribution is 0.217. The van der Waals surface area contributed by atoms with Crippen LogP contribution in [0.15, 0.2) is 42.5 Å².